The summed E-state index contributed by atoms with van der Waals surface area (Å²) in [6.45, 7) is 0. The van der Waals surface area contributed by atoms with Crippen LogP contribution in [0.15, 0.2) is 24.5 Å². The summed E-state index contributed by atoms with van der Waals surface area (Å²) in [5, 5.41) is 0. The molecule has 0 unspecified atom stereocenters. The fourth-order valence-electron chi connectivity index (χ4n) is 1.40. The number of rotatable bonds is 2. The smallest absolute Gasteiger partial charge is 0.341 e. The summed E-state index contributed by atoms with van der Waals surface area (Å²) < 4.78 is 6.42. The molecule has 0 aromatic carbocycles. The van der Waals surface area contributed by atoms with Crippen molar-refractivity contribution < 1.29 is 9.53 Å². The van der Waals surface area contributed by atoms with Crippen LogP contribution in [-0.4, -0.2) is 22.5 Å². The Morgan fingerprint density at radius 2 is 2.47 bits per heavy atom. The lowest BCUT2D eigenvalue weighted by Crippen LogP contribution is -2.03. The molecule has 0 aliphatic carbocycles. The highest BCUT2D eigenvalue weighted by Gasteiger charge is 2.12. The molecule has 0 saturated heterocycles. The fraction of sp³-hybridized carbons (Fsp3) is 0.200. The summed E-state index contributed by atoms with van der Waals surface area (Å²) in [5.41, 5.74) is 1.74. The first-order valence-electron chi connectivity index (χ1n) is 4.37. The third kappa shape index (κ3) is 1.68. The molecule has 2 rings (SSSR count). The Hall–Kier alpha value is -1.55. The number of hydrogen-bond acceptors (Lipinski definition) is 3. The number of carbonyl (C=O) groups is 1. The van der Waals surface area contributed by atoms with Crippen LogP contribution in [-0.2, 0) is 10.6 Å². The maximum absolute atomic E-state index is 11.4. The van der Waals surface area contributed by atoms with Crippen LogP contribution in [0.2, 0.25) is 0 Å². The molecule has 0 amide bonds. The molecule has 78 valence electrons. The first kappa shape index (κ1) is 9.98. The number of halogens is 1. The highest BCUT2D eigenvalue weighted by molar-refractivity contribution is 6.16. The van der Waals surface area contributed by atoms with Crippen molar-refractivity contribution in [3.8, 4) is 0 Å². The number of ether oxygens (including phenoxy) is 1. The van der Waals surface area contributed by atoms with Gasteiger partial charge in [-0.25, -0.2) is 9.78 Å². The molecular weight excluding hydrogens is 216 g/mol. The van der Waals surface area contributed by atoms with Crippen molar-refractivity contribution in [3.63, 3.8) is 0 Å². The maximum atomic E-state index is 11.4. The molecule has 2 aromatic heterocycles. The van der Waals surface area contributed by atoms with Crippen molar-refractivity contribution in [1.82, 2.24) is 9.38 Å². The molecule has 0 bridgehead atoms. The third-order valence-electron chi connectivity index (χ3n) is 2.07. The molecule has 0 spiro atoms. The molecule has 0 N–H and O–H groups in total. The van der Waals surface area contributed by atoms with E-state index in [9.17, 15) is 4.79 Å². The van der Waals surface area contributed by atoms with E-state index in [1.807, 2.05) is 6.20 Å². The van der Waals surface area contributed by atoms with E-state index in [0.29, 0.717) is 17.1 Å². The fourth-order valence-corrected chi connectivity index (χ4v) is 1.53. The van der Waals surface area contributed by atoms with Crippen LogP contribution in [0.4, 0.5) is 0 Å². The quantitative estimate of drug-likeness (QED) is 0.578. The second-order valence-corrected chi connectivity index (χ2v) is 3.28. The number of aromatic nitrogens is 2. The molecule has 0 aliphatic rings. The van der Waals surface area contributed by atoms with Gasteiger partial charge in [0.05, 0.1) is 18.7 Å². The summed E-state index contributed by atoms with van der Waals surface area (Å²) in [6, 6.07) is 3.44. The van der Waals surface area contributed by atoms with Gasteiger partial charge < -0.3 is 9.14 Å². The largest absolute Gasteiger partial charge is 0.465 e. The Morgan fingerprint density at radius 1 is 1.67 bits per heavy atom. The van der Waals surface area contributed by atoms with E-state index in [-0.39, 0.29) is 0 Å². The van der Waals surface area contributed by atoms with Gasteiger partial charge in [-0.3, -0.25) is 0 Å². The molecular formula is C10H9ClN2O2. The van der Waals surface area contributed by atoms with Gasteiger partial charge in [-0.1, -0.05) is 0 Å². The topological polar surface area (TPSA) is 43.6 Å². The molecule has 0 radical (unpaired) electrons. The number of pyridine rings is 1. The number of methoxy groups -OCH3 is 1. The van der Waals surface area contributed by atoms with Gasteiger partial charge >= 0.3 is 5.97 Å². The van der Waals surface area contributed by atoms with Crippen LogP contribution in [0.5, 0.6) is 0 Å². The summed E-state index contributed by atoms with van der Waals surface area (Å²) in [7, 11) is 1.34. The number of carbonyl (C=O) groups excluding carboxylic acids is 1. The Labute approximate surface area is 91.4 Å². The highest BCUT2D eigenvalue weighted by Crippen LogP contribution is 2.13. The van der Waals surface area contributed by atoms with E-state index < -0.39 is 5.97 Å². The molecule has 0 aliphatic heterocycles. The average molecular weight is 225 g/mol. The normalized spacial score (nSPS) is 10.5. The minimum Gasteiger partial charge on any atom is -0.465 e. The molecule has 2 heterocycles. The van der Waals surface area contributed by atoms with E-state index in [1.54, 1.807) is 22.7 Å². The summed E-state index contributed by atoms with van der Waals surface area (Å²) in [5.74, 6) is -0.0743. The molecule has 4 nitrogen and oxygen atoms in total. The minimum atomic E-state index is -0.396. The molecule has 2 aromatic rings. The standard InChI is InChI=1S/C10H9ClN2O2/c1-15-10(14)8-3-2-4-13-6-7(5-11)12-9(8)13/h2-4,6H,5H2,1H3. The van der Waals surface area contributed by atoms with Crippen molar-refractivity contribution >= 4 is 23.2 Å². The van der Waals surface area contributed by atoms with Gasteiger partial charge in [-0.05, 0) is 12.1 Å². The number of imidazole rings is 1. The van der Waals surface area contributed by atoms with Gasteiger partial charge in [-0.15, -0.1) is 11.6 Å². The SMILES string of the molecule is COC(=O)c1cccn2cc(CCl)nc12. The first-order chi connectivity index (χ1) is 7.26. The van der Waals surface area contributed by atoms with Gasteiger partial charge in [0, 0.05) is 12.4 Å². The summed E-state index contributed by atoms with van der Waals surface area (Å²) in [4.78, 5) is 15.6. The molecule has 0 saturated carbocycles. The Balaban J connectivity index is 2.64. The lowest BCUT2D eigenvalue weighted by Gasteiger charge is -2.00. The number of esters is 1. The van der Waals surface area contributed by atoms with Crippen molar-refractivity contribution in [2.45, 2.75) is 5.88 Å². The van der Waals surface area contributed by atoms with Gasteiger partial charge in [-0.2, -0.15) is 0 Å². The van der Waals surface area contributed by atoms with Gasteiger partial charge in [0.25, 0.3) is 0 Å². The number of alkyl halides is 1. The van der Waals surface area contributed by atoms with E-state index in [0.717, 1.165) is 5.69 Å². The number of hydrogen-bond donors (Lipinski definition) is 0. The summed E-state index contributed by atoms with van der Waals surface area (Å²) in [6.07, 6.45) is 3.60. The van der Waals surface area contributed by atoms with Crippen LogP contribution >= 0.6 is 11.6 Å². The van der Waals surface area contributed by atoms with E-state index in [4.69, 9.17) is 11.6 Å². The lowest BCUT2D eigenvalue weighted by atomic mass is 10.3. The molecule has 5 heteroatoms. The minimum absolute atomic E-state index is 0.322. The van der Waals surface area contributed by atoms with Gasteiger partial charge in [0.2, 0.25) is 0 Å². The molecule has 15 heavy (non-hydrogen) atoms. The Morgan fingerprint density at radius 3 is 3.13 bits per heavy atom. The zero-order valence-electron chi connectivity index (χ0n) is 8.11. The van der Waals surface area contributed by atoms with E-state index >= 15 is 0 Å². The van der Waals surface area contributed by atoms with E-state index in [2.05, 4.69) is 9.72 Å². The Bertz CT molecular complexity index is 507. The zero-order chi connectivity index (χ0) is 10.8. The van der Waals surface area contributed by atoms with Gasteiger partial charge in [0.15, 0.2) is 5.65 Å². The average Bonchev–Trinajstić information content (AvgIpc) is 2.70. The maximum Gasteiger partial charge on any atom is 0.341 e. The van der Waals surface area contributed by atoms with Crippen molar-refractivity contribution in [1.29, 1.82) is 0 Å². The van der Waals surface area contributed by atoms with Crippen LogP contribution in [0.25, 0.3) is 5.65 Å². The lowest BCUT2D eigenvalue weighted by molar-refractivity contribution is 0.0602. The number of nitrogens with zero attached hydrogens (tertiary/aromatic N) is 2. The second-order valence-electron chi connectivity index (χ2n) is 3.01. The highest BCUT2D eigenvalue weighted by atomic mass is 35.5. The predicted octanol–water partition coefficient (Wildman–Crippen LogP) is 1.86. The van der Waals surface area contributed by atoms with Crippen molar-refractivity contribution in [2.24, 2.45) is 0 Å². The second kappa shape index (κ2) is 3.90. The molecule has 0 fully saturated rings. The van der Waals surface area contributed by atoms with Crippen LogP contribution < -0.4 is 0 Å². The Kier molecular flexibility index (Phi) is 2.60. The predicted molar refractivity (Wildman–Crippen MR) is 56.1 cm³/mol. The third-order valence-corrected chi connectivity index (χ3v) is 2.35. The van der Waals surface area contributed by atoms with Crippen molar-refractivity contribution in [2.75, 3.05) is 7.11 Å². The van der Waals surface area contributed by atoms with Crippen LogP contribution in [0.3, 0.4) is 0 Å². The van der Waals surface area contributed by atoms with Crippen molar-refractivity contribution in [3.05, 3.63) is 35.8 Å². The van der Waals surface area contributed by atoms with Crippen LogP contribution in [0.1, 0.15) is 16.1 Å². The zero-order valence-corrected chi connectivity index (χ0v) is 8.86. The van der Waals surface area contributed by atoms with E-state index in [1.165, 1.54) is 7.11 Å². The first-order valence-corrected chi connectivity index (χ1v) is 4.90. The summed E-state index contributed by atoms with van der Waals surface area (Å²) >= 11 is 5.67. The molecule has 0 atom stereocenters. The van der Waals surface area contributed by atoms with Crippen LogP contribution in [0, 0.1) is 0 Å². The number of fused-ring (bicyclic) bond motifs is 1. The monoisotopic (exact) mass is 224 g/mol. The van der Waals surface area contributed by atoms with Gasteiger partial charge in [0.1, 0.15) is 5.56 Å².